The van der Waals surface area contributed by atoms with Gasteiger partial charge in [-0.25, -0.2) is 4.79 Å². The van der Waals surface area contributed by atoms with Gasteiger partial charge in [0.2, 0.25) is 0 Å². The standard InChI is InChI=1S/C21H22ClN5O2/c1-13-4-3-5-19(25-21(28)26-27-23)18(13)12-29-20-7-6-15(8-14(20)2)16-9-17(22)11-24-10-16/h3-11,27H,12,23H2,1-2H3,(H2,25,26,28). The highest BCUT2D eigenvalue weighted by Crippen LogP contribution is 2.29. The molecule has 0 bridgehead atoms. The maximum Gasteiger partial charge on any atom is 0.334 e. The van der Waals surface area contributed by atoms with Crippen molar-refractivity contribution >= 4 is 23.3 Å². The molecule has 3 rings (SSSR count). The zero-order valence-electron chi connectivity index (χ0n) is 16.1. The van der Waals surface area contributed by atoms with E-state index in [0.717, 1.165) is 33.6 Å². The van der Waals surface area contributed by atoms with E-state index in [-0.39, 0.29) is 0 Å². The molecule has 0 atom stereocenters. The highest BCUT2D eigenvalue weighted by atomic mass is 35.5. The predicted octanol–water partition coefficient (Wildman–Crippen LogP) is 4.10. The number of hydrogen-bond donors (Lipinski definition) is 4. The number of anilines is 1. The van der Waals surface area contributed by atoms with Crippen LogP contribution in [0.25, 0.3) is 11.1 Å². The number of amides is 2. The number of carbonyl (C=O) groups is 1. The number of pyridine rings is 1. The van der Waals surface area contributed by atoms with Crippen molar-refractivity contribution in [2.45, 2.75) is 20.5 Å². The van der Waals surface area contributed by atoms with Crippen LogP contribution in [0, 0.1) is 13.8 Å². The van der Waals surface area contributed by atoms with Crippen LogP contribution in [0.3, 0.4) is 0 Å². The Labute approximate surface area is 174 Å². The summed E-state index contributed by atoms with van der Waals surface area (Å²) in [6.45, 7) is 4.25. The second kappa shape index (κ2) is 9.38. The van der Waals surface area contributed by atoms with E-state index >= 15 is 0 Å². The van der Waals surface area contributed by atoms with Gasteiger partial charge in [-0.2, -0.15) is 5.53 Å². The Morgan fingerprint density at radius 2 is 1.93 bits per heavy atom. The number of halogens is 1. The smallest absolute Gasteiger partial charge is 0.334 e. The largest absolute Gasteiger partial charge is 0.489 e. The maximum absolute atomic E-state index is 11.8. The number of nitrogens with two attached hydrogens (primary N) is 1. The summed E-state index contributed by atoms with van der Waals surface area (Å²) in [6, 6.07) is 13.0. The molecule has 8 heteroatoms. The summed E-state index contributed by atoms with van der Waals surface area (Å²) < 4.78 is 6.05. The maximum atomic E-state index is 11.8. The Morgan fingerprint density at radius 3 is 2.66 bits per heavy atom. The third kappa shape index (κ3) is 5.23. The molecule has 0 spiro atoms. The van der Waals surface area contributed by atoms with Crippen molar-refractivity contribution in [3.63, 3.8) is 0 Å². The molecule has 0 fully saturated rings. The first kappa shape index (κ1) is 20.6. The van der Waals surface area contributed by atoms with Gasteiger partial charge in [0.15, 0.2) is 0 Å². The van der Waals surface area contributed by atoms with Gasteiger partial charge in [0.1, 0.15) is 12.4 Å². The van der Waals surface area contributed by atoms with E-state index in [0.29, 0.717) is 17.3 Å². The average Bonchev–Trinajstić information content (AvgIpc) is 2.68. The average molecular weight is 412 g/mol. The van der Waals surface area contributed by atoms with Gasteiger partial charge in [0.25, 0.3) is 0 Å². The molecule has 7 nitrogen and oxygen atoms in total. The van der Waals surface area contributed by atoms with Gasteiger partial charge in [-0.15, -0.1) is 0 Å². The Morgan fingerprint density at radius 1 is 1.10 bits per heavy atom. The number of nitrogens with zero attached hydrogens (tertiary/aromatic N) is 1. The molecule has 0 radical (unpaired) electrons. The van der Waals surface area contributed by atoms with Gasteiger partial charge in [0.05, 0.1) is 5.02 Å². The summed E-state index contributed by atoms with van der Waals surface area (Å²) >= 11 is 6.04. The lowest BCUT2D eigenvalue weighted by Gasteiger charge is -2.16. The zero-order valence-corrected chi connectivity index (χ0v) is 16.9. The lowest BCUT2D eigenvalue weighted by Crippen LogP contribution is -2.44. The fourth-order valence-electron chi connectivity index (χ4n) is 2.94. The van der Waals surface area contributed by atoms with Crippen LogP contribution in [-0.2, 0) is 6.61 Å². The number of ether oxygens (including phenoxy) is 1. The Balaban J connectivity index is 1.77. The first-order chi connectivity index (χ1) is 14.0. The van der Waals surface area contributed by atoms with Crippen molar-refractivity contribution in [3.05, 3.63) is 76.6 Å². The van der Waals surface area contributed by atoms with E-state index in [1.165, 1.54) is 0 Å². The van der Waals surface area contributed by atoms with Crippen LogP contribution < -0.4 is 26.9 Å². The summed E-state index contributed by atoms with van der Waals surface area (Å²) in [4.78, 5) is 15.9. The fraction of sp³-hybridized carbons (Fsp3) is 0.143. The summed E-state index contributed by atoms with van der Waals surface area (Å²) in [5, 5.41) is 3.34. The molecule has 0 aliphatic carbocycles. The number of aromatic nitrogens is 1. The molecule has 0 aliphatic heterocycles. The second-order valence-corrected chi connectivity index (χ2v) is 6.92. The van der Waals surface area contributed by atoms with E-state index in [1.54, 1.807) is 12.4 Å². The summed E-state index contributed by atoms with van der Waals surface area (Å²) in [5.41, 5.74) is 9.84. The number of urea groups is 1. The van der Waals surface area contributed by atoms with Gasteiger partial charge in [0, 0.05) is 29.2 Å². The molecule has 29 heavy (non-hydrogen) atoms. The van der Waals surface area contributed by atoms with Crippen LogP contribution in [-0.4, -0.2) is 11.0 Å². The van der Waals surface area contributed by atoms with Gasteiger partial charge in [-0.3, -0.25) is 16.3 Å². The summed E-state index contributed by atoms with van der Waals surface area (Å²) in [5.74, 6) is 5.86. The van der Waals surface area contributed by atoms with E-state index in [2.05, 4.69) is 21.3 Å². The van der Waals surface area contributed by atoms with Crippen LogP contribution in [0.5, 0.6) is 5.75 Å². The van der Waals surface area contributed by atoms with Crippen molar-refractivity contribution < 1.29 is 9.53 Å². The summed E-state index contributed by atoms with van der Waals surface area (Å²) in [6.07, 6.45) is 3.38. The van der Waals surface area contributed by atoms with Crippen LogP contribution in [0.2, 0.25) is 5.02 Å². The van der Waals surface area contributed by atoms with Crippen LogP contribution >= 0.6 is 11.6 Å². The highest BCUT2D eigenvalue weighted by molar-refractivity contribution is 6.30. The number of carbonyl (C=O) groups excluding carboxylic acids is 1. The molecule has 5 N–H and O–H groups in total. The minimum atomic E-state index is -0.463. The molecule has 0 saturated carbocycles. The Kier molecular flexibility index (Phi) is 6.66. The molecule has 150 valence electrons. The minimum Gasteiger partial charge on any atom is -0.489 e. The SMILES string of the molecule is Cc1cc(-c2cncc(Cl)c2)ccc1OCc1c(C)cccc1NC(=O)NNN. The molecule has 2 aromatic carbocycles. The lowest BCUT2D eigenvalue weighted by molar-refractivity contribution is 0.248. The molecule has 1 heterocycles. The predicted molar refractivity (Wildman–Crippen MR) is 114 cm³/mol. The first-order valence-corrected chi connectivity index (χ1v) is 9.31. The number of hydrazine groups is 2. The lowest BCUT2D eigenvalue weighted by atomic mass is 10.0. The van der Waals surface area contributed by atoms with E-state index in [1.807, 2.05) is 56.3 Å². The van der Waals surface area contributed by atoms with E-state index in [4.69, 9.17) is 22.2 Å². The molecule has 0 saturated heterocycles. The third-order valence-corrected chi connectivity index (χ3v) is 4.64. The zero-order chi connectivity index (χ0) is 20.8. The van der Waals surface area contributed by atoms with Gasteiger partial charge in [-0.05, 0) is 54.8 Å². The molecule has 2 amide bonds. The highest BCUT2D eigenvalue weighted by Gasteiger charge is 2.11. The molecule has 1 aromatic heterocycles. The first-order valence-electron chi connectivity index (χ1n) is 8.93. The minimum absolute atomic E-state index is 0.303. The number of benzene rings is 2. The van der Waals surface area contributed by atoms with Crippen molar-refractivity contribution in [1.29, 1.82) is 0 Å². The second-order valence-electron chi connectivity index (χ2n) is 6.49. The van der Waals surface area contributed by atoms with Crippen molar-refractivity contribution in [1.82, 2.24) is 15.9 Å². The Hall–Kier alpha value is -3.13. The van der Waals surface area contributed by atoms with E-state index < -0.39 is 6.03 Å². The van der Waals surface area contributed by atoms with Crippen molar-refractivity contribution in [2.75, 3.05) is 5.32 Å². The monoisotopic (exact) mass is 411 g/mol. The molecule has 3 aromatic rings. The Bertz CT molecular complexity index is 1030. The van der Waals surface area contributed by atoms with E-state index in [9.17, 15) is 4.79 Å². The third-order valence-electron chi connectivity index (χ3n) is 4.43. The molecular formula is C21H22ClN5O2. The number of rotatable bonds is 6. The van der Waals surface area contributed by atoms with Gasteiger partial charge < -0.3 is 10.1 Å². The molecule has 0 unspecified atom stereocenters. The van der Waals surface area contributed by atoms with Crippen LogP contribution in [0.15, 0.2) is 54.9 Å². The number of aryl methyl sites for hydroxylation is 2. The molecule has 0 aliphatic rings. The fourth-order valence-corrected chi connectivity index (χ4v) is 3.11. The van der Waals surface area contributed by atoms with Gasteiger partial charge in [-0.1, -0.05) is 29.8 Å². The number of nitrogens with one attached hydrogen (secondary N) is 3. The van der Waals surface area contributed by atoms with Crippen molar-refractivity contribution in [3.8, 4) is 16.9 Å². The quantitative estimate of drug-likeness (QED) is 0.361. The summed E-state index contributed by atoms with van der Waals surface area (Å²) in [7, 11) is 0. The molecular weight excluding hydrogens is 390 g/mol. The van der Waals surface area contributed by atoms with Crippen molar-refractivity contribution in [2.24, 2.45) is 5.84 Å². The van der Waals surface area contributed by atoms with Crippen LogP contribution in [0.4, 0.5) is 10.5 Å². The number of hydrogen-bond acceptors (Lipinski definition) is 5. The van der Waals surface area contributed by atoms with Gasteiger partial charge >= 0.3 is 6.03 Å². The topological polar surface area (TPSA) is 101 Å². The van der Waals surface area contributed by atoms with Crippen LogP contribution in [0.1, 0.15) is 16.7 Å². The normalized spacial score (nSPS) is 10.5.